The number of rotatable bonds is 7. The molecule has 0 saturated heterocycles. The quantitative estimate of drug-likeness (QED) is 0.602. The molecule has 0 aliphatic heterocycles. The fraction of sp³-hybridized carbons (Fsp3) is 0.263. The third-order valence-electron chi connectivity index (χ3n) is 4.32. The summed E-state index contributed by atoms with van der Waals surface area (Å²) in [5.74, 6) is -4.38. The Balaban J connectivity index is 2.67. The number of hydrogen-bond acceptors (Lipinski definition) is 6. The van der Waals surface area contributed by atoms with E-state index < -0.39 is 35.9 Å². The number of aromatic nitrogens is 1. The Morgan fingerprint density at radius 2 is 1.75 bits per heavy atom. The predicted molar refractivity (Wildman–Crippen MR) is 96.6 cm³/mol. The molecule has 2 rings (SSSR count). The summed E-state index contributed by atoms with van der Waals surface area (Å²) in [6, 6.07) is 6.72. The van der Waals surface area contributed by atoms with Gasteiger partial charge in [0.15, 0.2) is 0 Å². The Labute approximate surface area is 159 Å². The number of esters is 1. The number of ether oxygens (including phenoxy) is 1. The topological polar surface area (TPSA) is 143 Å². The molecule has 0 amide bonds. The van der Waals surface area contributed by atoms with Crippen LogP contribution >= 0.6 is 0 Å². The molecule has 0 bridgehead atoms. The number of aromatic hydroxyl groups is 1. The normalized spacial score (nSPS) is 11.6. The van der Waals surface area contributed by atoms with Gasteiger partial charge in [-0.3, -0.25) is 14.4 Å². The Kier molecular flexibility index (Phi) is 6.19. The molecule has 28 heavy (non-hydrogen) atoms. The number of nitrogens with zero attached hydrogens (tertiary/aromatic N) is 1. The van der Waals surface area contributed by atoms with Crippen LogP contribution in [0.25, 0.3) is 0 Å². The first-order valence-electron chi connectivity index (χ1n) is 8.20. The average Bonchev–Trinajstić information content (AvgIpc) is 2.63. The summed E-state index contributed by atoms with van der Waals surface area (Å²) in [7, 11) is 1.17. The van der Waals surface area contributed by atoms with Gasteiger partial charge in [0.05, 0.1) is 24.7 Å². The van der Waals surface area contributed by atoms with Crippen molar-refractivity contribution in [3.8, 4) is 5.75 Å². The number of carbonyl (C=O) groups is 3. The van der Waals surface area contributed by atoms with Crippen LogP contribution < -0.4 is 5.56 Å². The number of benzene rings is 1. The molecule has 0 unspecified atom stereocenters. The molecule has 9 heteroatoms. The van der Waals surface area contributed by atoms with Crippen molar-refractivity contribution in [1.29, 1.82) is 0 Å². The van der Waals surface area contributed by atoms with E-state index in [9.17, 15) is 24.3 Å². The fourth-order valence-corrected chi connectivity index (χ4v) is 2.92. The summed E-state index contributed by atoms with van der Waals surface area (Å²) in [6.45, 7) is 0.867. The highest BCUT2D eigenvalue weighted by Gasteiger charge is 2.27. The molecule has 1 aromatic carbocycles. The van der Waals surface area contributed by atoms with Crippen molar-refractivity contribution in [2.75, 3.05) is 7.11 Å². The highest BCUT2D eigenvalue weighted by atomic mass is 16.5. The molecule has 1 heterocycles. The second-order valence-electron chi connectivity index (χ2n) is 6.13. The summed E-state index contributed by atoms with van der Waals surface area (Å²) in [5, 5.41) is 28.5. The van der Waals surface area contributed by atoms with Gasteiger partial charge in [-0.25, -0.2) is 4.79 Å². The molecule has 148 valence electrons. The number of aryl methyl sites for hydroxylation is 1. The number of methoxy groups -OCH3 is 1. The number of aromatic carboxylic acids is 1. The third-order valence-corrected chi connectivity index (χ3v) is 4.32. The van der Waals surface area contributed by atoms with E-state index in [1.807, 2.05) is 0 Å². The fourth-order valence-electron chi connectivity index (χ4n) is 2.92. The van der Waals surface area contributed by atoms with Gasteiger partial charge >= 0.3 is 17.9 Å². The van der Waals surface area contributed by atoms with Gasteiger partial charge in [-0.1, -0.05) is 12.1 Å². The molecule has 0 spiro atoms. The van der Waals surface area contributed by atoms with Crippen molar-refractivity contribution in [2.24, 2.45) is 0 Å². The second kappa shape index (κ2) is 8.38. The molecule has 2 aromatic rings. The maximum Gasteiger partial charge on any atom is 0.335 e. The average molecular weight is 389 g/mol. The lowest BCUT2D eigenvalue weighted by atomic mass is 9.88. The lowest BCUT2D eigenvalue weighted by Crippen LogP contribution is -2.30. The largest absolute Gasteiger partial charge is 0.507 e. The maximum atomic E-state index is 12.9. The van der Waals surface area contributed by atoms with E-state index in [1.165, 1.54) is 44.4 Å². The zero-order chi connectivity index (χ0) is 21.0. The lowest BCUT2D eigenvalue weighted by Gasteiger charge is -2.20. The molecule has 0 fully saturated rings. The van der Waals surface area contributed by atoms with Gasteiger partial charge in [0, 0.05) is 11.6 Å². The van der Waals surface area contributed by atoms with E-state index in [4.69, 9.17) is 10.2 Å². The van der Waals surface area contributed by atoms with E-state index in [1.54, 1.807) is 0 Å². The molecule has 0 saturated carbocycles. The number of carboxylic acid groups (broad SMARTS) is 2. The van der Waals surface area contributed by atoms with Crippen molar-refractivity contribution in [1.82, 2.24) is 4.57 Å². The van der Waals surface area contributed by atoms with Crippen LogP contribution in [0, 0.1) is 6.92 Å². The van der Waals surface area contributed by atoms with Gasteiger partial charge in [-0.05, 0) is 30.7 Å². The summed E-state index contributed by atoms with van der Waals surface area (Å²) in [4.78, 5) is 46.9. The van der Waals surface area contributed by atoms with Crippen molar-refractivity contribution in [2.45, 2.75) is 25.8 Å². The standard InChI is InChI=1S/C19H19NO8/c1-10-7-14(21)17(18(25)20(10)9-15(22)23)13(8-16(24)28-2)11-3-5-12(6-4-11)19(26)27/h3-7,13,21H,8-9H2,1-2H3,(H,22,23)(H,26,27)/t13-/m0/s1. The van der Waals surface area contributed by atoms with Crippen molar-refractivity contribution in [3.05, 3.63) is 63.1 Å². The molecular formula is C19H19NO8. The van der Waals surface area contributed by atoms with Gasteiger partial charge in [0.25, 0.3) is 5.56 Å². The third kappa shape index (κ3) is 4.37. The van der Waals surface area contributed by atoms with E-state index in [0.717, 1.165) is 4.57 Å². The van der Waals surface area contributed by atoms with Crippen LogP contribution in [0.1, 0.15) is 39.5 Å². The first kappa shape index (κ1) is 20.7. The Morgan fingerprint density at radius 1 is 1.14 bits per heavy atom. The van der Waals surface area contributed by atoms with Gasteiger partial charge in [-0.15, -0.1) is 0 Å². The van der Waals surface area contributed by atoms with Crippen molar-refractivity contribution in [3.63, 3.8) is 0 Å². The SMILES string of the molecule is COC(=O)C[C@@H](c1ccc(C(=O)O)cc1)c1c(O)cc(C)n(CC(=O)O)c1=O. The molecular weight excluding hydrogens is 370 g/mol. The lowest BCUT2D eigenvalue weighted by molar-refractivity contribution is -0.141. The summed E-state index contributed by atoms with van der Waals surface area (Å²) < 4.78 is 5.65. The highest BCUT2D eigenvalue weighted by Crippen LogP contribution is 2.32. The van der Waals surface area contributed by atoms with Gasteiger partial charge in [0.1, 0.15) is 12.3 Å². The zero-order valence-electron chi connectivity index (χ0n) is 15.2. The van der Waals surface area contributed by atoms with Crippen molar-refractivity contribution < 1.29 is 34.4 Å². The van der Waals surface area contributed by atoms with Crippen molar-refractivity contribution >= 4 is 17.9 Å². The molecule has 0 radical (unpaired) electrons. The summed E-state index contributed by atoms with van der Waals surface area (Å²) in [6.07, 6.45) is -0.304. The number of carbonyl (C=O) groups excluding carboxylic acids is 1. The summed E-state index contributed by atoms with van der Waals surface area (Å²) in [5.41, 5.74) is -0.270. The van der Waals surface area contributed by atoms with E-state index in [0.29, 0.717) is 5.56 Å². The number of pyridine rings is 1. The molecule has 0 aliphatic rings. The second-order valence-corrected chi connectivity index (χ2v) is 6.13. The van der Waals surface area contributed by atoms with Crippen LogP contribution in [0.4, 0.5) is 0 Å². The Morgan fingerprint density at radius 3 is 2.25 bits per heavy atom. The highest BCUT2D eigenvalue weighted by molar-refractivity contribution is 5.87. The number of aliphatic carboxylic acids is 1. The van der Waals surface area contributed by atoms with Crippen LogP contribution in [0.5, 0.6) is 5.75 Å². The number of hydrogen-bond donors (Lipinski definition) is 3. The molecule has 1 atom stereocenters. The number of carboxylic acids is 2. The van der Waals surface area contributed by atoms with Crippen LogP contribution in [-0.2, 0) is 20.9 Å². The van der Waals surface area contributed by atoms with E-state index in [-0.39, 0.29) is 29.0 Å². The maximum absolute atomic E-state index is 12.9. The van der Waals surface area contributed by atoms with Gasteiger partial charge < -0.3 is 24.6 Å². The van der Waals surface area contributed by atoms with E-state index in [2.05, 4.69) is 4.74 Å². The van der Waals surface area contributed by atoms with Crippen LogP contribution in [-0.4, -0.2) is 44.9 Å². The summed E-state index contributed by atoms with van der Waals surface area (Å²) >= 11 is 0. The minimum absolute atomic E-state index is 0.0111. The minimum atomic E-state index is -1.24. The van der Waals surface area contributed by atoms with Crippen LogP contribution in [0.3, 0.4) is 0 Å². The molecule has 1 aromatic heterocycles. The smallest absolute Gasteiger partial charge is 0.335 e. The van der Waals surface area contributed by atoms with Crippen LogP contribution in [0.15, 0.2) is 35.1 Å². The van der Waals surface area contributed by atoms with E-state index >= 15 is 0 Å². The Bertz CT molecular complexity index is 975. The first-order chi connectivity index (χ1) is 13.1. The Hall–Kier alpha value is -3.62. The van der Waals surface area contributed by atoms with Gasteiger partial charge in [0.2, 0.25) is 0 Å². The zero-order valence-corrected chi connectivity index (χ0v) is 15.2. The first-order valence-corrected chi connectivity index (χ1v) is 8.20. The molecule has 0 aliphatic carbocycles. The minimum Gasteiger partial charge on any atom is -0.507 e. The predicted octanol–water partition coefficient (Wildman–Crippen LogP) is 1.34. The van der Waals surface area contributed by atoms with Crippen LogP contribution in [0.2, 0.25) is 0 Å². The monoisotopic (exact) mass is 389 g/mol. The molecule has 3 N–H and O–H groups in total. The van der Waals surface area contributed by atoms with Gasteiger partial charge in [-0.2, -0.15) is 0 Å². The molecule has 9 nitrogen and oxygen atoms in total.